The molecule has 2 aromatic carbocycles. The number of benzene rings is 2. The summed E-state index contributed by atoms with van der Waals surface area (Å²) >= 11 is 18.2. The predicted molar refractivity (Wildman–Crippen MR) is 150 cm³/mol. The normalized spacial score (nSPS) is 22.5. The third-order valence-electron chi connectivity index (χ3n) is 8.46. The van der Waals surface area contributed by atoms with Crippen molar-refractivity contribution < 1.29 is 22.8 Å². The average molecular weight is 617 g/mol. The van der Waals surface area contributed by atoms with Crippen LogP contribution in [0.1, 0.15) is 53.1 Å². The molecule has 3 fully saturated rings. The number of likely N-dealkylation sites (tertiary alicyclic amines) is 2. The molecule has 0 N–H and O–H groups in total. The van der Waals surface area contributed by atoms with E-state index in [1.165, 1.54) is 23.8 Å². The maximum atomic E-state index is 13.7. The topological polar surface area (TPSA) is 43.9 Å². The molecule has 0 unspecified atom stereocenters. The van der Waals surface area contributed by atoms with Crippen molar-refractivity contribution in [3.63, 3.8) is 0 Å². The second-order valence-corrected chi connectivity index (χ2v) is 12.4. The van der Waals surface area contributed by atoms with E-state index < -0.39 is 28.7 Å². The van der Waals surface area contributed by atoms with Gasteiger partial charge in [0.1, 0.15) is 0 Å². The maximum Gasteiger partial charge on any atom is 0.417 e. The van der Waals surface area contributed by atoms with Crippen LogP contribution in [0.5, 0.6) is 0 Å². The third kappa shape index (κ3) is 6.40. The van der Waals surface area contributed by atoms with Crippen molar-refractivity contribution in [3.05, 3.63) is 68.2 Å². The number of carbonyl (C=O) groups is 2. The van der Waals surface area contributed by atoms with E-state index in [9.17, 15) is 22.8 Å². The summed E-state index contributed by atoms with van der Waals surface area (Å²) in [5.41, 5.74) is -0.383. The molecule has 2 saturated heterocycles. The number of piperidine rings is 1. The molecule has 0 aromatic heterocycles. The number of amides is 2. The van der Waals surface area contributed by atoms with E-state index in [0.29, 0.717) is 16.6 Å². The Morgan fingerprint density at radius 1 is 0.925 bits per heavy atom. The number of likely N-dealkylation sites (N-methyl/N-ethyl adjacent to an activating group) is 1. The van der Waals surface area contributed by atoms with E-state index >= 15 is 0 Å². The van der Waals surface area contributed by atoms with E-state index in [1.54, 1.807) is 24.1 Å². The maximum absolute atomic E-state index is 13.7. The van der Waals surface area contributed by atoms with Gasteiger partial charge in [0.05, 0.1) is 26.7 Å². The average Bonchev–Trinajstić information content (AvgIpc) is 3.63. The fraction of sp³-hybridized carbons (Fsp3) is 0.517. The Morgan fingerprint density at radius 2 is 1.60 bits per heavy atom. The van der Waals surface area contributed by atoms with Gasteiger partial charge in [-0.05, 0) is 80.6 Å². The van der Waals surface area contributed by atoms with Gasteiger partial charge in [-0.1, -0.05) is 40.9 Å². The number of rotatable bonds is 6. The van der Waals surface area contributed by atoms with Gasteiger partial charge >= 0.3 is 6.18 Å². The minimum atomic E-state index is -4.70. The van der Waals surface area contributed by atoms with Crippen LogP contribution in [-0.4, -0.2) is 72.3 Å². The lowest BCUT2D eigenvalue weighted by molar-refractivity contribution is -0.137. The van der Waals surface area contributed by atoms with Crippen molar-refractivity contribution in [3.8, 4) is 0 Å². The van der Waals surface area contributed by atoms with Crippen LogP contribution >= 0.6 is 34.8 Å². The zero-order valence-corrected chi connectivity index (χ0v) is 24.3. The highest BCUT2D eigenvalue weighted by molar-refractivity contribution is 6.42. The number of carbonyl (C=O) groups excluding carboxylic acids is 2. The fourth-order valence-corrected chi connectivity index (χ4v) is 6.48. The van der Waals surface area contributed by atoms with E-state index in [2.05, 4.69) is 4.90 Å². The Hall–Kier alpha value is -2.00. The van der Waals surface area contributed by atoms with Gasteiger partial charge < -0.3 is 14.7 Å². The van der Waals surface area contributed by atoms with Crippen molar-refractivity contribution in [2.45, 2.75) is 43.8 Å². The van der Waals surface area contributed by atoms with Crippen LogP contribution in [0.4, 0.5) is 13.2 Å². The minimum Gasteiger partial charge on any atom is -0.340 e. The van der Waals surface area contributed by atoms with Gasteiger partial charge in [0.25, 0.3) is 5.91 Å². The van der Waals surface area contributed by atoms with Crippen LogP contribution in [0.25, 0.3) is 0 Å². The van der Waals surface area contributed by atoms with Gasteiger partial charge in [-0.25, -0.2) is 0 Å². The Balaban J connectivity index is 1.36. The molecule has 2 aromatic rings. The van der Waals surface area contributed by atoms with E-state index in [-0.39, 0.29) is 29.9 Å². The summed E-state index contributed by atoms with van der Waals surface area (Å²) < 4.78 is 40.4. The molecule has 40 heavy (non-hydrogen) atoms. The van der Waals surface area contributed by atoms with Crippen LogP contribution in [0.2, 0.25) is 15.1 Å². The van der Waals surface area contributed by atoms with Gasteiger partial charge in [-0.3, -0.25) is 9.59 Å². The molecule has 2 heterocycles. The van der Waals surface area contributed by atoms with Gasteiger partial charge in [0.2, 0.25) is 5.91 Å². The zero-order chi connectivity index (χ0) is 28.8. The van der Waals surface area contributed by atoms with Crippen LogP contribution in [0, 0.1) is 11.8 Å². The van der Waals surface area contributed by atoms with Gasteiger partial charge in [-0.15, -0.1) is 0 Å². The first kappa shape index (κ1) is 29.5. The monoisotopic (exact) mass is 615 g/mol. The molecule has 11 heteroatoms. The SMILES string of the molecule is CN(C(=O)c1ccc(Cl)c(C(F)(F)F)c1)[C@@H]1CN(C(=O)C2CCN(CC3CC3)CC2)C[C@H]1c1ccc(Cl)c(Cl)c1. The number of hydrogen-bond donors (Lipinski definition) is 0. The smallest absolute Gasteiger partial charge is 0.340 e. The van der Waals surface area contributed by atoms with E-state index in [1.807, 2.05) is 6.07 Å². The van der Waals surface area contributed by atoms with Crippen LogP contribution < -0.4 is 0 Å². The number of alkyl halides is 3. The molecule has 2 aliphatic heterocycles. The van der Waals surface area contributed by atoms with E-state index in [4.69, 9.17) is 34.8 Å². The highest BCUT2D eigenvalue weighted by atomic mass is 35.5. The van der Waals surface area contributed by atoms with Crippen molar-refractivity contribution in [2.75, 3.05) is 39.8 Å². The highest BCUT2D eigenvalue weighted by Gasteiger charge is 2.43. The van der Waals surface area contributed by atoms with Gasteiger partial charge in [-0.2, -0.15) is 13.2 Å². The quantitative estimate of drug-likeness (QED) is 0.357. The van der Waals surface area contributed by atoms with Crippen molar-refractivity contribution in [2.24, 2.45) is 11.8 Å². The molecule has 5 nitrogen and oxygen atoms in total. The summed E-state index contributed by atoms with van der Waals surface area (Å²) in [4.78, 5) is 32.8. The van der Waals surface area contributed by atoms with Gasteiger partial charge in [0.15, 0.2) is 0 Å². The van der Waals surface area contributed by atoms with Crippen molar-refractivity contribution >= 4 is 46.6 Å². The van der Waals surface area contributed by atoms with Crippen LogP contribution in [0.3, 0.4) is 0 Å². The lowest BCUT2D eigenvalue weighted by atomic mass is 9.93. The molecule has 0 spiro atoms. The third-order valence-corrected chi connectivity index (χ3v) is 9.53. The molecular weight excluding hydrogens is 586 g/mol. The number of hydrogen-bond acceptors (Lipinski definition) is 3. The summed E-state index contributed by atoms with van der Waals surface area (Å²) in [5.74, 6) is -0.1000. The first-order valence-electron chi connectivity index (χ1n) is 13.5. The van der Waals surface area contributed by atoms with Crippen LogP contribution in [-0.2, 0) is 11.0 Å². The Morgan fingerprint density at radius 3 is 2.23 bits per heavy atom. The van der Waals surface area contributed by atoms with E-state index in [0.717, 1.165) is 56.1 Å². The molecule has 216 valence electrons. The molecule has 0 bridgehead atoms. The largest absolute Gasteiger partial charge is 0.417 e. The second-order valence-electron chi connectivity index (χ2n) is 11.2. The molecule has 0 radical (unpaired) electrons. The molecule has 2 amide bonds. The Bertz CT molecular complexity index is 1280. The van der Waals surface area contributed by atoms with Crippen molar-refractivity contribution in [1.82, 2.24) is 14.7 Å². The standard InChI is InChI=1S/C29H31Cl3F3N3O2/c1-36(27(39)20-5-6-23(30)22(12-20)29(33,34)35)26-16-38(15-21(26)19-4-7-24(31)25(32)13-19)28(40)18-8-10-37(11-9-18)14-17-2-3-17/h4-7,12-13,17-18,21,26H,2-3,8-11,14-16H2,1H3/t21-,26+/m0/s1. The fourth-order valence-electron chi connectivity index (χ4n) is 5.95. The highest BCUT2D eigenvalue weighted by Crippen LogP contribution is 2.38. The van der Waals surface area contributed by atoms with Crippen LogP contribution in [0.15, 0.2) is 36.4 Å². The summed E-state index contributed by atoms with van der Waals surface area (Å²) in [6, 6.07) is 7.90. The minimum absolute atomic E-state index is 0.0605. The summed E-state index contributed by atoms with van der Waals surface area (Å²) in [5, 5.41) is 0.268. The molecule has 3 aliphatic rings. The second kappa shape index (κ2) is 11.7. The summed E-state index contributed by atoms with van der Waals surface area (Å²) in [6.07, 6.45) is -0.513. The number of halogens is 6. The van der Waals surface area contributed by atoms with Crippen molar-refractivity contribution in [1.29, 1.82) is 0 Å². The zero-order valence-electron chi connectivity index (χ0n) is 22.1. The van der Waals surface area contributed by atoms with Gasteiger partial charge in [0, 0.05) is 44.1 Å². The first-order chi connectivity index (χ1) is 18.9. The Kier molecular flexibility index (Phi) is 8.63. The lowest BCUT2D eigenvalue weighted by Gasteiger charge is -2.33. The molecule has 5 rings (SSSR count). The predicted octanol–water partition coefficient (Wildman–Crippen LogP) is 6.85. The lowest BCUT2D eigenvalue weighted by Crippen LogP contribution is -2.44. The molecule has 1 aliphatic carbocycles. The summed E-state index contributed by atoms with van der Waals surface area (Å²) in [6.45, 7) is 3.55. The number of nitrogens with zero attached hydrogens (tertiary/aromatic N) is 3. The summed E-state index contributed by atoms with van der Waals surface area (Å²) in [7, 11) is 1.56. The molecule has 2 atom stereocenters. The molecular formula is C29H31Cl3F3N3O2. The molecule has 1 saturated carbocycles. The first-order valence-corrected chi connectivity index (χ1v) is 14.7. The Labute approximate surface area is 247 Å².